The molecule has 1 aromatic rings. The molecule has 3 aliphatic rings. The molecule has 0 bridgehead atoms. The van der Waals surface area contributed by atoms with Gasteiger partial charge in [-0.1, -0.05) is 119 Å². The van der Waals surface area contributed by atoms with Gasteiger partial charge in [-0.2, -0.15) is 0 Å². The number of hydrogen-bond donors (Lipinski definition) is 0. The molecular weight excluding hydrogens is 420 g/mol. The lowest BCUT2D eigenvalue weighted by Crippen LogP contribution is -2.42. The Bertz CT molecular complexity index is 632. The quantitative estimate of drug-likeness (QED) is 0.253. The fourth-order valence-corrected chi connectivity index (χ4v) is 5.80. The van der Waals surface area contributed by atoms with Gasteiger partial charge < -0.3 is 0 Å². The number of terminal acetylenes is 1. The number of rotatable bonds is 0. The van der Waals surface area contributed by atoms with E-state index in [2.05, 4.69) is 71.4 Å². The Hall–Kier alpha value is -1.48. The summed E-state index contributed by atoms with van der Waals surface area (Å²) in [6.45, 7) is 28.2. The van der Waals surface area contributed by atoms with Crippen LogP contribution in [0, 0.1) is 35.5 Å². The van der Waals surface area contributed by atoms with Crippen LogP contribution >= 0.6 is 0 Å². The normalized spacial score (nSPS) is 26.0. The third-order valence-corrected chi connectivity index (χ3v) is 6.84. The molecule has 0 radical (unpaired) electrons. The first-order valence-corrected chi connectivity index (χ1v) is 15.1. The predicted molar refractivity (Wildman–Crippen MR) is 165 cm³/mol. The van der Waals surface area contributed by atoms with Crippen LogP contribution in [0.1, 0.15) is 145 Å². The highest BCUT2D eigenvalue weighted by molar-refractivity contribution is 5.35. The van der Waals surface area contributed by atoms with E-state index < -0.39 is 0 Å². The summed E-state index contributed by atoms with van der Waals surface area (Å²) < 4.78 is 0. The standard InChI is InChI=1S/C20H24.2C3H8.C3H6.3C2H6/c1-3-15-9-11-19-18-10-8-14-6-4-5-7-16(14)17(18)12-13-20(15,19)2;3*1-3-2;3*1-2/h1,4-7,15,17-19H,8-13H2,2H3;2*3H2,1-2H3;3H,1H2,2H3;3*1-2H3. The second kappa shape index (κ2) is 24.2. The molecular formula is C35H64. The first kappa shape index (κ1) is 38.1. The van der Waals surface area contributed by atoms with E-state index in [9.17, 15) is 0 Å². The summed E-state index contributed by atoms with van der Waals surface area (Å²) in [7, 11) is 0. The summed E-state index contributed by atoms with van der Waals surface area (Å²) in [5.74, 6) is 6.23. The molecule has 0 nitrogen and oxygen atoms in total. The summed E-state index contributed by atoms with van der Waals surface area (Å²) in [5, 5.41) is 0. The third-order valence-electron chi connectivity index (χ3n) is 6.84. The highest BCUT2D eigenvalue weighted by atomic mass is 14.6. The van der Waals surface area contributed by atoms with Crippen molar-refractivity contribution in [3.05, 3.63) is 48.0 Å². The Labute approximate surface area is 223 Å². The van der Waals surface area contributed by atoms with Crippen LogP contribution in [0.4, 0.5) is 0 Å². The van der Waals surface area contributed by atoms with Gasteiger partial charge in [-0.3, -0.25) is 0 Å². The maximum Gasteiger partial charge on any atom is 0.0256 e. The number of hydrogen-bond acceptors (Lipinski definition) is 0. The van der Waals surface area contributed by atoms with Gasteiger partial charge in [-0.15, -0.1) is 18.9 Å². The van der Waals surface area contributed by atoms with Gasteiger partial charge in [0.15, 0.2) is 0 Å². The van der Waals surface area contributed by atoms with E-state index in [0.717, 1.165) is 17.8 Å². The van der Waals surface area contributed by atoms with Crippen molar-refractivity contribution in [1.29, 1.82) is 0 Å². The highest BCUT2D eigenvalue weighted by Crippen LogP contribution is 2.62. The smallest absolute Gasteiger partial charge is 0.0256 e. The molecule has 0 amide bonds. The molecule has 5 atom stereocenters. The molecule has 35 heavy (non-hydrogen) atoms. The van der Waals surface area contributed by atoms with Gasteiger partial charge in [0.1, 0.15) is 0 Å². The Morgan fingerprint density at radius 2 is 1.40 bits per heavy atom. The van der Waals surface area contributed by atoms with Crippen LogP contribution < -0.4 is 0 Å². The molecule has 0 N–H and O–H groups in total. The van der Waals surface area contributed by atoms with Gasteiger partial charge in [0, 0.05) is 5.92 Å². The molecule has 0 heteroatoms. The van der Waals surface area contributed by atoms with Gasteiger partial charge in [-0.25, -0.2) is 0 Å². The van der Waals surface area contributed by atoms with Crippen LogP contribution in [0.25, 0.3) is 0 Å². The Morgan fingerprint density at radius 3 is 1.89 bits per heavy atom. The Kier molecular flexibility index (Phi) is 26.3. The second-order valence-corrected chi connectivity index (χ2v) is 9.28. The minimum absolute atomic E-state index is 0.433. The van der Waals surface area contributed by atoms with Crippen LogP contribution in [-0.2, 0) is 6.42 Å². The fourth-order valence-electron chi connectivity index (χ4n) is 5.80. The van der Waals surface area contributed by atoms with Crippen LogP contribution in [0.5, 0.6) is 0 Å². The van der Waals surface area contributed by atoms with Crippen molar-refractivity contribution in [2.75, 3.05) is 0 Å². The largest absolute Gasteiger partial charge is 0.120 e. The number of aryl methyl sites for hydroxylation is 1. The molecule has 1 aromatic carbocycles. The van der Waals surface area contributed by atoms with E-state index in [1.807, 2.05) is 48.5 Å². The third kappa shape index (κ3) is 11.4. The van der Waals surface area contributed by atoms with Gasteiger partial charge in [0.05, 0.1) is 0 Å². The van der Waals surface area contributed by atoms with E-state index in [1.165, 1.54) is 51.4 Å². The fraction of sp³-hybridized carbons (Fsp3) is 0.714. The number of allylic oxidation sites excluding steroid dienone is 1. The molecule has 4 rings (SSSR count). The van der Waals surface area contributed by atoms with Crippen molar-refractivity contribution in [2.24, 2.45) is 23.2 Å². The second-order valence-electron chi connectivity index (χ2n) is 9.28. The summed E-state index contributed by atoms with van der Waals surface area (Å²) in [5.41, 5.74) is 3.71. The van der Waals surface area contributed by atoms with Crippen LogP contribution in [0.15, 0.2) is 36.9 Å². The van der Waals surface area contributed by atoms with E-state index in [0.29, 0.717) is 11.3 Å². The van der Waals surface area contributed by atoms with Crippen LogP contribution in [0.2, 0.25) is 0 Å². The molecule has 0 aromatic heterocycles. The maximum absolute atomic E-state index is 5.82. The van der Waals surface area contributed by atoms with Gasteiger partial charge in [0.25, 0.3) is 0 Å². The summed E-state index contributed by atoms with van der Waals surface area (Å²) in [4.78, 5) is 0. The zero-order valence-electron chi connectivity index (χ0n) is 26.1. The first-order chi connectivity index (χ1) is 17.0. The van der Waals surface area contributed by atoms with Crippen LogP contribution in [-0.4, -0.2) is 0 Å². The summed E-state index contributed by atoms with van der Waals surface area (Å²) in [6, 6.07) is 9.17. The average molecular weight is 485 g/mol. The monoisotopic (exact) mass is 485 g/mol. The summed E-state index contributed by atoms with van der Waals surface area (Å²) in [6.07, 6.45) is 18.1. The van der Waals surface area contributed by atoms with E-state index in [4.69, 9.17) is 6.42 Å². The van der Waals surface area contributed by atoms with Crippen molar-refractivity contribution in [3.8, 4) is 12.3 Å². The first-order valence-electron chi connectivity index (χ1n) is 15.1. The zero-order chi connectivity index (χ0) is 27.9. The minimum atomic E-state index is 0.433. The lowest BCUT2D eigenvalue weighted by atomic mass is 9.54. The lowest BCUT2D eigenvalue weighted by Gasteiger charge is -2.50. The van der Waals surface area contributed by atoms with Crippen molar-refractivity contribution < 1.29 is 0 Å². The Balaban J connectivity index is -0.000000580. The molecule has 3 aliphatic carbocycles. The van der Waals surface area contributed by atoms with Crippen molar-refractivity contribution in [2.45, 2.75) is 140 Å². The number of benzene rings is 1. The topological polar surface area (TPSA) is 0 Å². The van der Waals surface area contributed by atoms with Gasteiger partial charge in [0.2, 0.25) is 0 Å². The molecule has 0 saturated heterocycles. The molecule has 5 unspecified atom stereocenters. The summed E-state index contributed by atoms with van der Waals surface area (Å²) >= 11 is 0. The van der Waals surface area contributed by atoms with E-state index >= 15 is 0 Å². The molecule has 204 valence electrons. The molecule has 2 fully saturated rings. The van der Waals surface area contributed by atoms with Gasteiger partial charge in [-0.05, 0) is 79.7 Å². The molecule has 0 heterocycles. The van der Waals surface area contributed by atoms with Crippen LogP contribution in [0.3, 0.4) is 0 Å². The van der Waals surface area contributed by atoms with Crippen molar-refractivity contribution in [3.63, 3.8) is 0 Å². The number of fused-ring (bicyclic) bond motifs is 5. The highest BCUT2D eigenvalue weighted by Gasteiger charge is 2.54. The molecule has 0 aliphatic heterocycles. The Morgan fingerprint density at radius 1 is 0.914 bits per heavy atom. The lowest BCUT2D eigenvalue weighted by molar-refractivity contribution is 0.0432. The maximum atomic E-state index is 5.82. The minimum Gasteiger partial charge on any atom is -0.120 e. The predicted octanol–water partition coefficient (Wildman–Crippen LogP) is 11.9. The average Bonchev–Trinajstić information content (AvgIpc) is 3.25. The molecule has 2 saturated carbocycles. The van der Waals surface area contributed by atoms with E-state index in [1.54, 1.807) is 17.2 Å². The van der Waals surface area contributed by atoms with Gasteiger partial charge >= 0.3 is 0 Å². The van der Waals surface area contributed by atoms with Crippen molar-refractivity contribution in [1.82, 2.24) is 0 Å². The van der Waals surface area contributed by atoms with Crippen molar-refractivity contribution >= 4 is 0 Å². The SMILES string of the molecule is C#CC1CCC2C3CCc4ccccc4C3CCC12C.C=CC.CC.CC.CC.CCC.CCC. The molecule has 0 spiro atoms. The zero-order valence-corrected chi connectivity index (χ0v) is 26.1. The van der Waals surface area contributed by atoms with E-state index in [-0.39, 0.29) is 0 Å².